The van der Waals surface area contributed by atoms with Crippen LogP contribution < -0.4 is 0 Å². The smallest absolute Gasteiger partial charge is 0.00970 e. The second-order valence-corrected chi connectivity index (χ2v) is 29.6. The van der Waals surface area contributed by atoms with Gasteiger partial charge in [0.15, 0.2) is 0 Å². The molecule has 0 heterocycles. The van der Waals surface area contributed by atoms with Gasteiger partial charge < -0.3 is 0 Å². The monoisotopic (exact) mass is 652 g/mol. The van der Waals surface area contributed by atoms with Gasteiger partial charge in [-0.15, -0.1) is 0 Å². The van der Waals surface area contributed by atoms with Crippen LogP contribution in [0.25, 0.3) is 0 Å². The highest BCUT2D eigenvalue weighted by Crippen LogP contribution is 3.50. The highest BCUT2D eigenvalue weighted by atomic mass is 32.1. The molecule has 0 saturated heterocycles. The molecule has 26 rings (SSSR count). The molecule has 35 atom stereocenters. The number of hydrogen-bond acceptors (Lipinski definition) is 1. The molecule has 0 amide bonds. The fourth-order valence-corrected chi connectivity index (χ4v) is 43.1. The molecule has 35 unspecified atom stereocenters. The Morgan fingerprint density at radius 1 is 0.633 bits per heavy atom. The van der Waals surface area contributed by atoms with E-state index >= 15 is 0 Å². The molecule has 14 spiro atoms. The molecule has 0 N–H and O–H groups in total. The maximum absolute atomic E-state index is 6.02. The van der Waals surface area contributed by atoms with E-state index in [1.165, 1.54) is 41.4 Å². The average molecular weight is 653 g/mol. The van der Waals surface area contributed by atoms with Crippen molar-refractivity contribution in [2.24, 2.45) is 198 Å². The summed E-state index contributed by atoms with van der Waals surface area (Å²) in [6, 6.07) is 0. The van der Waals surface area contributed by atoms with Gasteiger partial charge in [0.2, 0.25) is 0 Å². The molecule has 49 heavy (non-hydrogen) atoms. The van der Waals surface area contributed by atoms with E-state index in [2.05, 4.69) is 52.7 Å². The second kappa shape index (κ2) is 3.48. The zero-order chi connectivity index (χ0) is 30.3. The van der Waals surface area contributed by atoms with Crippen LogP contribution in [-0.4, -0.2) is 5.25 Å². The molecule has 26 aliphatic carbocycles. The molecule has 24 fully saturated rings. The van der Waals surface area contributed by atoms with E-state index in [0.717, 1.165) is 140 Å². The van der Waals surface area contributed by atoms with Crippen molar-refractivity contribution in [1.82, 2.24) is 0 Å². The molecule has 242 valence electrons. The molecular formula is C48H44S. The summed E-state index contributed by atoms with van der Waals surface area (Å²) >= 11 is 6.02. The second-order valence-electron chi connectivity index (χ2n) is 29.0. The van der Waals surface area contributed by atoms with Crippen molar-refractivity contribution in [3.05, 3.63) is 11.1 Å². The van der Waals surface area contributed by atoms with Crippen LogP contribution >= 0.6 is 12.6 Å². The van der Waals surface area contributed by atoms with E-state index in [4.69, 9.17) is 12.6 Å². The van der Waals surface area contributed by atoms with Gasteiger partial charge in [0, 0.05) is 16.1 Å². The molecule has 0 radical (unpaired) electrons. The van der Waals surface area contributed by atoms with E-state index in [-0.39, 0.29) is 0 Å². The molecule has 0 nitrogen and oxygen atoms in total. The molecule has 0 aromatic heterocycles. The highest BCUT2D eigenvalue weighted by molar-refractivity contribution is 7.81. The fraction of sp³-hybridized carbons (Fsp3) is 0.958. The molecule has 0 aliphatic heterocycles. The van der Waals surface area contributed by atoms with Crippen molar-refractivity contribution in [2.45, 2.75) is 72.5 Å². The number of hydrogen-bond donors (Lipinski definition) is 1. The van der Waals surface area contributed by atoms with Crippen LogP contribution in [0.15, 0.2) is 11.1 Å². The van der Waals surface area contributed by atoms with Crippen LogP contribution in [0.3, 0.4) is 0 Å². The number of allylic oxidation sites excluding steroid dienone is 2. The van der Waals surface area contributed by atoms with E-state index in [1.54, 1.807) is 25.7 Å². The van der Waals surface area contributed by atoms with Gasteiger partial charge in [-0.3, -0.25) is 0 Å². The summed E-state index contributed by atoms with van der Waals surface area (Å²) in [5, 5.41) is 0.830. The first-order chi connectivity index (χ1) is 23.5. The maximum atomic E-state index is 6.02. The molecule has 24 saturated carbocycles. The molecule has 4 bridgehead atoms. The van der Waals surface area contributed by atoms with Gasteiger partial charge in [-0.1, -0.05) is 52.7 Å². The lowest BCUT2D eigenvalue weighted by Crippen LogP contribution is -3.19. The lowest BCUT2D eigenvalue weighted by molar-refractivity contribution is -0.751. The summed E-state index contributed by atoms with van der Waals surface area (Å²) in [6.45, 7) is 18.7. The number of thiol groups is 1. The summed E-state index contributed by atoms with van der Waals surface area (Å²) in [6.07, 6.45) is 6.88. The minimum Gasteiger partial charge on any atom is -0.175 e. The first kappa shape index (κ1) is 20.7. The minimum atomic E-state index is 0.595. The third-order valence-corrected chi connectivity index (χ3v) is 36.3. The SMILES string of the molecule is CC1C2C3CC45CC6(C)C78C4C2(C3(C)C)C12C1=C3C4C(C1)C1C9C(S)C%10C%11CC%12C%13C%14C%15C5(C)C%155C%14%15C(C7%14C7C3(C41C91C%103C%12%11C%13%15C713)C2%14C)C685. The molecule has 0 aromatic carbocycles. The van der Waals surface area contributed by atoms with Crippen molar-refractivity contribution < 1.29 is 0 Å². The summed E-state index contributed by atoms with van der Waals surface area (Å²) in [4.78, 5) is 0. The Morgan fingerprint density at radius 2 is 1.45 bits per heavy atom. The normalized spacial score (nSPS) is 114. The molecular weight excluding hydrogens is 609 g/mol. The Hall–Kier alpha value is 0.0900. The maximum Gasteiger partial charge on any atom is 0.00970 e. The van der Waals surface area contributed by atoms with E-state index in [1.807, 2.05) is 0 Å². The summed E-state index contributed by atoms with van der Waals surface area (Å²) in [5.74, 6) is 18.6. The van der Waals surface area contributed by atoms with Gasteiger partial charge in [-0.25, -0.2) is 0 Å². The Morgan fingerprint density at radius 3 is 2.31 bits per heavy atom. The zero-order valence-corrected chi connectivity index (χ0v) is 30.5. The molecule has 1 heteroatoms. The first-order valence-electron chi connectivity index (χ1n) is 22.9. The number of rotatable bonds is 0. The lowest BCUT2D eigenvalue weighted by Gasteiger charge is -3.20. The predicted molar refractivity (Wildman–Crippen MR) is 174 cm³/mol. The van der Waals surface area contributed by atoms with Crippen molar-refractivity contribution >= 4 is 12.6 Å². The summed E-state index contributed by atoms with van der Waals surface area (Å²) < 4.78 is 0. The van der Waals surface area contributed by atoms with Gasteiger partial charge in [-0.2, -0.15) is 12.6 Å². The van der Waals surface area contributed by atoms with E-state index < -0.39 is 0 Å². The number of fused-ring (bicyclic) bond motifs is 7. The van der Waals surface area contributed by atoms with Gasteiger partial charge >= 0.3 is 0 Å². The van der Waals surface area contributed by atoms with Gasteiger partial charge in [0.05, 0.1) is 0 Å². The predicted octanol–water partition coefficient (Wildman–Crippen LogP) is 7.22. The highest BCUT2D eigenvalue weighted by Gasteiger charge is 3.49. The molecule has 26 aliphatic rings. The van der Waals surface area contributed by atoms with Crippen molar-refractivity contribution in [3.8, 4) is 0 Å². The lowest BCUT2D eigenvalue weighted by atomic mass is 8.82. The van der Waals surface area contributed by atoms with Crippen LogP contribution in [0.4, 0.5) is 0 Å². The summed E-state index contributed by atoms with van der Waals surface area (Å²) in [7, 11) is 0. The van der Waals surface area contributed by atoms with Crippen molar-refractivity contribution in [3.63, 3.8) is 0 Å². The topological polar surface area (TPSA) is 0 Å². The average Bonchev–Trinajstić information content (AvgIpc) is 3.67. The Labute approximate surface area is 292 Å². The van der Waals surface area contributed by atoms with E-state index in [0.29, 0.717) is 21.7 Å². The Bertz CT molecular complexity index is 2690. The van der Waals surface area contributed by atoms with Gasteiger partial charge in [-0.05, 0) is 212 Å². The van der Waals surface area contributed by atoms with E-state index in [9.17, 15) is 0 Å². The van der Waals surface area contributed by atoms with Gasteiger partial charge in [0.1, 0.15) is 0 Å². The molecule has 0 aromatic rings. The Kier molecular flexibility index (Phi) is 1.47. The van der Waals surface area contributed by atoms with Gasteiger partial charge in [0.25, 0.3) is 0 Å². The van der Waals surface area contributed by atoms with Crippen LogP contribution in [0.1, 0.15) is 67.2 Å². The standard InChI is InChI=1S/C48H44S/c1-11-17-16-9-34-10-31(4)46-27(34)38(17,30(16,2)3)35(11)13-7-12-18-20(13)39-28-41(46,33(35,39)6)29-40-24(26-32(34,5)45(26,40)47(29,31)46)21-14-8-15-22-25(49)23-19(12)37(18,39)44(23)43(22)36(14,15)42(21,40)48(28,43)44/h11-12,14-19,21-29,49H,7-10H2,1-6H3. The third kappa shape index (κ3) is 0.616. The zero-order valence-electron chi connectivity index (χ0n) is 29.6. The van der Waals surface area contributed by atoms with Crippen LogP contribution in [-0.2, 0) is 0 Å². The van der Waals surface area contributed by atoms with Crippen LogP contribution in [0, 0.1) is 198 Å². The quantitative estimate of drug-likeness (QED) is 0.208. The minimum absolute atomic E-state index is 0.595. The third-order valence-electron chi connectivity index (χ3n) is 35.7. The van der Waals surface area contributed by atoms with Crippen molar-refractivity contribution in [1.29, 1.82) is 0 Å². The van der Waals surface area contributed by atoms with Crippen LogP contribution in [0.5, 0.6) is 0 Å². The van der Waals surface area contributed by atoms with Crippen LogP contribution in [0.2, 0.25) is 0 Å². The van der Waals surface area contributed by atoms with Crippen molar-refractivity contribution in [2.75, 3.05) is 0 Å². The summed E-state index contributed by atoms with van der Waals surface area (Å²) in [5.41, 5.74) is 20.0. The fourth-order valence-electron chi connectivity index (χ4n) is 42.3. The largest absolute Gasteiger partial charge is 0.175 e. The first-order valence-corrected chi connectivity index (χ1v) is 23.5. The Balaban J connectivity index is 1.000.